The minimum Gasteiger partial charge on any atom is -0.443 e. The first-order valence-corrected chi connectivity index (χ1v) is 3.88. The molecule has 0 saturated carbocycles. The summed E-state index contributed by atoms with van der Waals surface area (Å²) in [5, 5.41) is 3.07. The zero-order chi connectivity index (χ0) is 9.94. The van der Waals surface area contributed by atoms with Crippen LogP contribution in [0.3, 0.4) is 0 Å². The number of rotatable bonds is 1. The van der Waals surface area contributed by atoms with Crippen molar-refractivity contribution >= 4 is 6.09 Å². The van der Waals surface area contributed by atoms with Gasteiger partial charge in [0.25, 0.3) is 0 Å². The van der Waals surface area contributed by atoms with Gasteiger partial charge in [-0.25, -0.2) is 14.8 Å². The fourth-order valence-electron chi connectivity index (χ4n) is 0.491. The highest BCUT2D eigenvalue weighted by atomic mass is 16.6. The molecule has 0 aliphatic heterocycles. The van der Waals surface area contributed by atoms with Crippen LogP contribution in [0.15, 0.2) is 0 Å². The second-order valence-electron chi connectivity index (χ2n) is 3.85. The van der Waals surface area contributed by atoms with E-state index in [0.29, 0.717) is 0 Å². The van der Waals surface area contributed by atoms with Crippen LogP contribution in [-0.2, 0) is 4.74 Å². The summed E-state index contributed by atoms with van der Waals surface area (Å²) in [7, 11) is 5.22. The van der Waals surface area contributed by atoms with Crippen molar-refractivity contribution < 1.29 is 9.53 Å². The predicted octanol–water partition coefficient (Wildman–Crippen LogP) is 1.33. The van der Waals surface area contributed by atoms with E-state index in [0.717, 1.165) is 0 Å². The lowest BCUT2D eigenvalue weighted by atomic mass is 10.2. The maximum atomic E-state index is 11.3. The normalized spacial score (nSPS) is 11.6. The Labute approximate surface area is 74.1 Å². The van der Waals surface area contributed by atoms with Crippen molar-refractivity contribution in [2.75, 3.05) is 21.1 Å². The van der Waals surface area contributed by atoms with Gasteiger partial charge in [-0.1, -0.05) is 0 Å². The largest absolute Gasteiger partial charge is 0.443 e. The first kappa shape index (κ1) is 11.2. The monoisotopic (exact) mass is 174 g/mol. The summed E-state index contributed by atoms with van der Waals surface area (Å²) < 4.78 is 5.11. The molecule has 0 aliphatic rings. The van der Waals surface area contributed by atoms with Gasteiger partial charge in [0.2, 0.25) is 0 Å². The molecule has 72 valence electrons. The summed E-state index contributed by atoms with van der Waals surface area (Å²) in [6.07, 6.45) is -0.340. The molecule has 0 heterocycles. The molecular weight excluding hydrogens is 156 g/mol. The highest BCUT2D eigenvalue weighted by Gasteiger charge is 2.20. The van der Waals surface area contributed by atoms with E-state index in [1.54, 1.807) is 26.2 Å². The highest BCUT2D eigenvalue weighted by molar-refractivity contribution is 5.67. The number of carbonyl (C=O) groups is 1. The minimum absolute atomic E-state index is 0.340. The molecule has 0 aromatic rings. The van der Waals surface area contributed by atoms with E-state index < -0.39 is 5.60 Å². The van der Waals surface area contributed by atoms with Crippen molar-refractivity contribution in [1.29, 1.82) is 0 Å². The summed E-state index contributed by atoms with van der Waals surface area (Å²) >= 11 is 0. The van der Waals surface area contributed by atoms with Crippen molar-refractivity contribution in [1.82, 2.24) is 10.0 Å². The van der Waals surface area contributed by atoms with Gasteiger partial charge in [0.1, 0.15) is 5.60 Å². The van der Waals surface area contributed by atoms with Crippen LogP contribution in [-0.4, -0.2) is 42.9 Å². The predicted molar refractivity (Wildman–Crippen MR) is 47.7 cm³/mol. The lowest BCUT2D eigenvalue weighted by Gasteiger charge is -2.28. The van der Waals surface area contributed by atoms with Crippen LogP contribution in [0.5, 0.6) is 0 Å². The first-order chi connectivity index (χ1) is 5.24. The van der Waals surface area contributed by atoms with E-state index >= 15 is 0 Å². The first-order valence-electron chi connectivity index (χ1n) is 3.88. The molecule has 0 aromatic heterocycles. The third kappa shape index (κ3) is 4.18. The van der Waals surface area contributed by atoms with E-state index in [-0.39, 0.29) is 6.09 Å². The van der Waals surface area contributed by atoms with Crippen LogP contribution in [0.2, 0.25) is 0 Å². The van der Waals surface area contributed by atoms with Crippen molar-refractivity contribution in [3.05, 3.63) is 0 Å². The SMILES string of the molecule is CN(C)N(C)C(=O)OC(C)(C)C. The van der Waals surface area contributed by atoms with Gasteiger partial charge in [-0.05, 0) is 20.8 Å². The molecule has 0 radical (unpaired) electrons. The van der Waals surface area contributed by atoms with Crippen LogP contribution >= 0.6 is 0 Å². The van der Waals surface area contributed by atoms with Gasteiger partial charge in [-0.2, -0.15) is 0 Å². The maximum Gasteiger partial charge on any atom is 0.424 e. The van der Waals surface area contributed by atoms with Crippen LogP contribution < -0.4 is 0 Å². The number of carbonyl (C=O) groups excluding carboxylic acids is 1. The summed E-state index contributed by atoms with van der Waals surface area (Å²) in [6.45, 7) is 5.52. The molecule has 0 fully saturated rings. The topological polar surface area (TPSA) is 32.8 Å². The van der Waals surface area contributed by atoms with Crippen LogP contribution in [0.4, 0.5) is 4.79 Å². The number of hydrogen-bond acceptors (Lipinski definition) is 3. The Hall–Kier alpha value is -0.770. The molecule has 1 amide bonds. The number of hydrogen-bond donors (Lipinski definition) is 0. The summed E-state index contributed by atoms with van der Waals surface area (Å²) in [6, 6.07) is 0. The molecule has 0 aromatic carbocycles. The highest BCUT2D eigenvalue weighted by Crippen LogP contribution is 2.08. The third-order valence-electron chi connectivity index (χ3n) is 1.26. The van der Waals surface area contributed by atoms with Crippen LogP contribution in [0.1, 0.15) is 20.8 Å². The van der Waals surface area contributed by atoms with Crippen molar-refractivity contribution in [3.63, 3.8) is 0 Å². The minimum atomic E-state index is -0.429. The molecule has 0 bridgehead atoms. The van der Waals surface area contributed by atoms with E-state index in [1.165, 1.54) is 5.01 Å². The fraction of sp³-hybridized carbons (Fsp3) is 0.875. The van der Waals surface area contributed by atoms with Crippen LogP contribution in [0.25, 0.3) is 0 Å². The average molecular weight is 174 g/mol. The molecule has 12 heavy (non-hydrogen) atoms. The van der Waals surface area contributed by atoms with E-state index in [1.807, 2.05) is 20.8 Å². The van der Waals surface area contributed by atoms with Crippen molar-refractivity contribution in [2.24, 2.45) is 0 Å². The van der Waals surface area contributed by atoms with Gasteiger partial charge in [0.15, 0.2) is 0 Å². The fourth-order valence-corrected chi connectivity index (χ4v) is 0.491. The van der Waals surface area contributed by atoms with E-state index in [4.69, 9.17) is 4.74 Å². The molecule has 0 atom stereocenters. The quantitative estimate of drug-likeness (QED) is 0.562. The van der Waals surface area contributed by atoms with Gasteiger partial charge in [-0.15, -0.1) is 0 Å². The van der Waals surface area contributed by atoms with E-state index in [9.17, 15) is 4.79 Å². The van der Waals surface area contributed by atoms with Gasteiger partial charge in [0.05, 0.1) is 0 Å². The zero-order valence-corrected chi connectivity index (χ0v) is 8.71. The molecular formula is C8H18N2O2. The number of amides is 1. The zero-order valence-electron chi connectivity index (χ0n) is 8.71. The Morgan fingerprint density at radius 3 is 1.83 bits per heavy atom. The molecule has 0 N–H and O–H groups in total. The number of ether oxygens (including phenoxy) is 1. The Morgan fingerprint density at radius 2 is 1.58 bits per heavy atom. The van der Waals surface area contributed by atoms with Crippen molar-refractivity contribution in [3.8, 4) is 0 Å². The third-order valence-corrected chi connectivity index (χ3v) is 1.26. The lowest BCUT2D eigenvalue weighted by molar-refractivity contribution is -0.0161. The second-order valence-corrected chi connectivity index (χ2v) is 3.85. The Morgan fingerprint density at radius 1 is 1.17 bits per heavy atom. The van der Waals surface area contributed by atoms with Crippen LogP contribution in [0, 0.1) is 0 Å². The molecule has 0 spiro atoms. The molecule has 0 rings (SSSR count). The van der Waals surface area contributed by atoms with Gasteiger partial charge >= 0.3 is 6.09 Å². The summed E-state index contributed by atoms with van der Waals surface area (Å²) in [5.41, 5.74) is -0.429. The Balaban J connectivity index is 4.05. The summed E-state index contributed by atoms with van der Waals surface area (Å²) in [4.78, 5) is 11.3. The number of nitrogens with zero attached hydrogens (tertiary/aromatic N) is 2. The average Bonchev–Trinajstić information content (AvgIpc) is 1.82. The van der Waals surface area contributed by atoms with E-state index in [2.05, 4.69) is 0 Å². The van der Waals surface area contributed by atoms with Crippen molar-refractivity contribution in [2.45, 2.75) is 26.4 Å². The van der Waals surface area contributed by atoms with Gasteiger partial charge < -0.3 is 4.74 Å². The Kier molecular flexibility index (Phi) is 3.52. The van der Waals surface area contributed by atoms with Gasteiger partial charge in [0, 0.05) is 21.1 Å². The Bertz CT molecular complexity index is 161. The molecule has 4 heteroatoms. The summed E-state index contributed by atoms with van der Waals surface area (Å²) in [5.74, 6) is 0. The molecule has 0 aliphatic carbocycles. The lowest BCUT2D eigenvalue weighted by Crippen LogP contribution is -2.41. The second kappa shape index (κ2) is 3.76. The standard InChI is InChI=1S/C8H18N2O2/c1-8(2,3)12-7(11)10(6)9(4)5/h1-6H3. The molecule has 0 saturated heterocycles. The maximum absolute atomic E-state index is 11.3. The van der Waals surface area contributed by atoms with Gasteiger partial charge in [-0.3, -0.25) is 0 Å². The smallest absolute Gasteiger partial charge is 0.424 e. The molecule has 0 unspecified atom stereocenters. The number of hydrazine groups is 1. The molecule has 4 nitrogen and oxygen atoms in total.